The SMILES string of the molecule is CC(Cc1cccc(Cl)c1)NC1CCCN(C)CC1. The summed E-state index contributed by atoms with van der Waals surface area (Å²) in [6, 6.07) is 9.37. The fourth-order valence-corrected chi connectivity index (χ4v) is 3.10. The molecule has 0 bridgehead atoms. The van der Waals surface area contributed by atoms with Crippen LogP contribution in [0.25, 0.3) is 0 Å². The lowest BCUT2D eigenvalue weighted by molar-refractivity contribution is 0.339. The van der Waals surface area contributed by atoms with Gasteiger partial charge in [-0.1, -0.05) is 23.7 Å². The number of halogens is 1. The van der Waals surface area contributed by atoms with Crippen LogP contribution < -0.4 is 5.32 Å². The maximum Gasteiger partial charge on any atom is 0.0408 e. The first-order chi connectivity index (χ1) is 9.13. The Morgan fingerprint density at radius 2 is 2.21 bits per heavy atom. The van der Waals surface area contributed by atoms with E-state index < -0.39 is 0 Å². The van der Waals surface area contributed by atoms with Gasteiger partial charge in [-0.2, -0.15) is 0 Å². The van der Waals surface area contributed by atoms with E-state index in [2.05, 4.69) is 36.3 Å². The van der Waals surface area contributed by atoms with Crippen LogP contribution in [-0.4, -0.2) is 37.1 Å². The monoisotopic (exact) mass is 280 g/mol. The van der Waals surface area contributed by atoms with Crippen LogP contribution in [0.4, 0.5) is 0 Å². The van der Waals surface area contributed by atoms with Crippen molar-refractivity contribution in [1.29, 1.82) is 0 Å². The third-order valence-electron chi connectivity index (χ3n) is 3.90. The molecule has 0 spiro atoms. The van der Waals surface area contributed by atoms with Crippen LogP contribution in [0.5, 0.6) is 0 Å². The first-order valence-corrected chi connectivity index (χ1v) is 7.70. The van der Waals surface area contributed by atoms with Crippen LogP contribution in [0.3, 0.4) is 0 Å². The Balaban J connectivity index is 1.82. The Kier molecular flexibility index (Phi) is 5.68. The van der Waals surface area contributed by atoms with Gasteiger partial charge in [-0.05, 0) is 70.4 Å². The normalized spacial score (nSPS) is 23.0. The smallest absolute Gasteiger partial charge is 0.0408 e. The third-order valence-corrected chi connectivity index (χ3v) is 4.14. The van der Waals surface area contributed by atoms with Crippen molar-refractivity contribution in [3.05, 3.63) is 34.9 Å². The minimum absolute atomic E-state index is 0.506. The molecule has 2 rings (SSSR count). The highest BCUT2D eigenvalue weighted by atomic mass is 35.5. The Labute approximate surface area is 122 Å². The highest BCUT2D eigenvalue weighted by Gasteiger charge is 2.16. The summed E-state index contributed by atoms with van der Waals surface area (Å²) >= 11 is 6.03. The molecule has 1 aromatic rings. The fourth-order valence-electron chi connectivity index (χ4n) is 2.89. The van der Waals surface area contributed by atoms with Gasteiger partial charge < -0.3 is 10.2 Å². The largest absolute Gasteiger partial charge is 0.311 e. The van der Waals surface area contributed by atoms with E-state index in [4.69, 9.17) is 11.6 Å². The van der Waals surface area contributed by atoms with Crippen LogP contribution in [0, 0.1) is 0 Å². The van der Waals surface area contributed by atoms with E-state index in [-0.39, 0.29) is 0 Å². The van der Waals surface area contributed by atoms with Crippen molar-refractivity contribution >= 4 is 11.6 Å². The van der Waals surface area contributed by atoms with E-state index in [9.17, 15) is 0 Å². The minimum atomic E-state index is 0.506. The lowest BCUT2D eigenvalue weighted by Crippen LogP contribution is -2.38. The molecule has 0 amide bonds. The molecular formula is C16H25ClN2. The van der Waals surface area contributed by atoms with Crippen molar-refractivity contribution in [3.8, 4) is 0 Å². The van der Waals surface area contributed by atoms with E-state index in [1.54, 1.807) is 0 Å². The van der Waals surface area contributed by atoms with E-state index in [1.165, 1.54) is 37.9 Å². The molecule has 0 aromatic heterocycles. The van der Waals surface area contributed by atoms with Gasteiger partial charge in [-0.25, -0.2) is 0 Å². The first kappa shape index (κ1) is 14.8. The molecule has 19 heavy (non-hydrogen) atoms. The fraction of sp³-hybridized carbons (Fsp3) is 0.625. The summed E-state index contributed by atoms with van der Waals surface area (Å²) in [5.74, 6) is 0. The molecule has 106 valence electrons. The summed E-state index contributed by atoms with van der Waals surface area (Å²) in [4.78, 5) is 2.43. The summed E-state index contributed by atoms with van der Waals surface area (Å²) in [5, 5.41) is 4.61. The Morgan fingerprint density at radius 3 is 3.00 bits per heavy atom. The first-order valence-electron chi connectivity index (χ1n) is 7.32. The van der Waals surface area contributed by atoms with Crippen molar-refractivity contribution in [1.82, 2.24) is 10.2 Å². The molecule has 1 N–H and O–H groups in total. The average molecular weight is 281 g/mol. The zero-order chi connectivity index (χ0) is 13.7. The van der Waals surface area contributed by atoms with Crippen molar-refractivity contribution in [3.63, 3.8) is 0 Å². The molecule has 2 unspecified atom stereocenters. The van der Waals surface area contributed by atoms with Gasteiger partial charge in [0.05, 0.1) is 0 Å². The summed E-state index contributed by atoms with van der Waals surface area (Å²) in [6.45, 7) is 4.72. The van der Waals surface area contributed by atoms with Crippen LogP contribution in [0.15, 0.2) is 24.3 Å². The van der Waals surface area contributed by atoms with Gasteiger partial charge in [0.15, 0.2) is 0 Å². The second-order valence-corrected chi connectivity index (χ2v) is 6.27. The predicted octanol–water partition coefficient (Wildman–Crippen LogP) is 3.34. The quantitative estimate of drug-likeness (QED) is 0.910. The molecular weight excluding hydrogens is 256 g/mol. The van der Waals surface area contributed by atoms with Crippen molar-refractivity contribution in [2.75, 3.05) is 20.1 Å². The predicted molar refractivity (Wildman–Crippen MR) is 82.9 cm³/mol. The molecule has 1 aliphatic rings. The standard InChI is InChI=1S/C16H25ClN2/c1-13(11-14-5-3-6-15(17)12-14)18-16-7-4-9-19(2)10-8-16/h3,5-6,12-13,16,18H,4,7-11H2,1-2H3. The lowest BCUT2D eigenvalue weighted by Gasteiger charge is -2.22. The molecule has 3 heteroatoms. The molecule has 2 atom stereocenters. The Hall–Kier alpha value is -0.570. The molecule has 1 aliphatic heterocycles. The van der Waals surface area contributed by atoms with E-state index in [0.29, 0.717) is 12.1 Å². The summed E-state index contributed by atoms with van der Waals surface area (Å²) in [7, 11) is 2.22. The second-order valence-electron chi connectivity index (χ2n) is 5.83. The number of rotatable bonds is 4. The van der Waals surface area contributed by atoms with E-state index in [1.807, 2.05) is 12.1 Å². The van der Waals surface area contributed by atoms with Gasteiger partial charge >= 0.3 is 0 Å². The van der Waals surface area contributed by atoms with Gasteiger partial charge in [0.1, 0.15) is 0 Å². The lowest BCUT2D eigenvalue weighted by atomic mass is 10.0. The number of hydrogen-bond donors (Lipinski definition) is 1. The molecule has 0 saturated carbocycles. The van der Waals surface area contributed by atoms with Crippen LogP contribution in [0.1, 0.15) is 31.7 Å². The number of likely N-dealkylation sites (tertiary alicyclic amines) is 1. The summed E-state index contributed by atoms with van der Waals surface area (Å²) in [5.41, 5.74) is 1.32. The zero-order valence-electron chi connectivity index (χ0n) is 12.0. The number of hydrogen-bond acceptors (Lipinski definition) is 2. The molecule has 1 fully saturated rings. The summed E-state index contributed by atoms with van der Waals surface area (Å²) < 4.78 is 0. The van der Waals surface area contributed by atoms with Gasteiger partial charge in [-0.15, -0.1) is 0 Å². The molecule has 0 radical (unpaired) electrons. The Bertz CT molecular complexity index is 394. The molecule has 0 aliphatic carbocycles. The third kappa shape index (κ3) is 5.13. The van der Waals surface area contributed by atoms with Gasteiger partial charge in [0, 0.05) is 17.1 Å². The van der Waals surface area contributed by atoms with Crippen LogP contribution in [0.2, 0.25) is 5.02 Å². The average Bonchev–Trinajstić information content (AvgIpc) is 2.54. The number of nitrogens with zero attached hydrogens (tertiary/aromatic N) is 1. The van der Waals surface area contributed by atoms with E-state index in [0.717, 1.165) is 11.4 Å². The topological polar surface area (TPSA) is 15.3 Å². The molecule has 2 nitrogen and oxygen atoms in total. The van der Waals surface area contributed by atoms with Gasteiger partial charge in [0.2, 0.25) is 0 Å². The van der Waals surface area contributed by atoms with E-state index >= 15 is 0 Å². The molecule has 1 saturated heterocycles. The minimum Gasteiger partial charge on any atom is -0.311 e. The zero-order valence-corrected chi connectivity index (χ0v) is 12.8. The van der Waals surface area contributed by atoms with Crippen LogP contribution in [-0.2, 0) is 6.42 Å². The highest BCUT2D eigenvalue weighted by molar-refractivity contribution is 6.30. The van der Waals surface area contributed by atoms with Crippen molar-refractivity contribution in [2.45, 2.75) is 44.7 Å². The van der Waals surface area contributed by atoms with Gasteiger partial charge in [-0.3, -0.25) is 0 Å². The number of benzene rings is 1. The van der Waals surface area contributed by atoms with Crippen molar-refractivity contribution < 1.29 is 0 Å². The molecule has 1 aromatic carbocycles. The maximum absolute atomic E-state index is 6.03. The maximum atomic E-state index is 6.03. The molecule has 1 heterocycles. The summed E-state index contributed by atoms with van der Waals surface area (Å²) in [6.07, 6.45) is 4.91. The second kappa shape index (κ2) is 7.28. The van der Waals surface area contributed by atoms with Gasteiger partial charge in [0.25, 0.3) is 0 Å². The van der Waals surface area contributed by atoms with Crippen molar-refractivity contribution in [2.24, 2.45) is 0 Å². The number of nitrogens with one attached hydrogen (secondary N) is 1. The van der Waals surface area contributed by atoms with Crippen LogP contribution >= 0.6 is 11.6 Å². The highest BCUT2D eigenvalue weighted by Crippen LogP contribution is 2.14. The Morgan fingerprint density at radius 1 is 1.37 bits per heavy atom.